The summed E-state index contributed by atoms with van der Waals surface area (Å²) in [5, 5.41) is 14.7. The molecule has 2 bridgehead atoms. The van der Waals surface area contributed by atoms with Crippen molar-refractivity contribution < 1.29 is 65.4 Å². The number of nitrogens with zero attached hydrogens (tertiary/aromatic N) is 1. The molecule has 0 aromatic heterocycles. The van der Waals surface area contributed by atoms with E-state index in [2.05, 4.69) is 121 Å². The summed E-state index contributed by atoms with van der Waals surface area (Å²) < 4.78 is 81.3. The summed E-state index contributed by atoms with van der Waals surface area (Å²) in [7, 11) is 0.736. The molecule has 1 unspecified atom stereocenters. The molecule has 4 aliphatic rings. The topological polar surface area (TPSA) is 151 Å². The molecule has 426 valence electrons. The van der Waals surface area contributed by atoms with Crippen molar-refractivity contribution in [3.63, 3.8) is 0 Å². The van der Waals surface area contributed by atoms with Crippen LogP contribution in [0.1, 0.15) is 129 Å². The summed E-state index contributed by atoms with van der Waals surface area (Å²) in [4.78, 5) is 14.1. The van der Waals surface area contributed by atoms with Crippen LogP contribution in [0, 0.1) is 17.0 Å². The molecule has 73 heavy (non-hydrogen) atoms. The summed E-state index contributed by atoms with van der Waals surface area (Å²) in [5.74, 6) is -0.747. The molecule has 0 aliphatic carbocycles. The van der Waals surface area contributed by atoms with Gasteiger partial charge in [-0.15, -0.1) is 0 Å². The lowest BCUT2D eigenvalue weighted by Crippen LogP contribution is -2.71. The van der Waals surface area contributed by atoms with Crippen molar-refractivity contribution in [2.24, 2.45) is 11.8 Å². The Morgan fingerprint density at radius 1 is 0.685 bits per heavy atom. The zero-order valence-electron chi connectivity index (χ0n) is 50.2. The second-order valence-electron chi connectivity index (χ2n) is 27.1. The zero-order valence-corrected chi connectivity index (χ0v) is 53.2. The Morgan fingerprint density at radius 3 is 1.79 bits per heavy atom. The Bertz CT molecular complexity index is 1820. The highest BCUT2D eigenvalue weighted by Gasteiger charge is 2.59. The summed E-state index contributed by atoms with van der Waals surface area (Å²) >= 11 is 0. The van der Waals surface area contributed by atoms with Gasteiger partial charge in [-0.1, -0.05) is 93.5 Å². The first kappa shape index (κ1) is 64.6. The fourth-order valence-electron chi connectivity index (χ4n) is 10.1. The molecular formula is C55H105NO14Si3. The second-order valence-corrected chi connectivity index (χ2v) is 41.4. The van der Waals surface area contributed by atoms with Crippen molar-refractivity contribution in [3.05, 3.63) is 29.5 Å². The van der Waals surface area contributed by atoms with E-state index in [9.17, 15) is 4.79 Å². The van der Waals surface area contributed by atoms with E-state index >= 15 is 5.21 Å². The smallest absolute Gasteiger partial charge is 0.308 e. The fourth-order valence-corrected chi connectivity index (χ4v) is 13.9. The number of ether oxygens (including phenoxy) is 9. The predicted molar refractivity (Wildman–Crippen MR) is 295 cm³/mol. The summed E-state index contributed by atoms with van der Waals surface area (Å²) in [5.41, 5.74) is -0.732. The van der Waals surface area contributed by atoms with Gasteiger partial charge in [-0.25, -0.2) is 0 Å². The van der Waals surface area contributed by atoms with Crippen LogP contribution in [0.5, 0.6) is 0 Å². The van der Waals surface area contributed by atoms with Crippen LogP contribution in [-0.2, 0) is 60.7 Å². The third kappa shape index (κ3) is 16.1. The van der Waals surface area contributed by atoms with Crippen molar-refractivity contribution in [2.45, 2.75) is 275 Å². The highest BCUT2D eigenvalue weighted by Crippen LogP contribution is 2.47. The van der Waals surface area contributed by atoms with Crippen LogP contribution in [0.4, 0.5) is 0 Å². The summed E-state index contributed by atoms with van der Waals surface area (Å²) in [6.07, 6.45) is 1.33. The maximum Gasteiger partial charge on any atom is 0.308 e. The molecule has 18 heteroatoms. The third-order valence-electron chi connectivity index (χ3n) is 17.7. The fraction of sp³-hybridized carbons (Fsp3) is 0.909. The predicted octanol–water partition coefficient (Wildman–Crippen LogP) is 11.4. The van der Waals surface area contributed by atoms with Crippen molar-refractivity contribution in [1.82, 2.24) is 0 Å². The third-order valence-corrected chi connectivity index (χ3v) is 31.1. The lowest BCUT2D eigenvalue weighted by Gasteiger charge is -2.57. The molecule has 0 saturated carbocycles. The molecule has 0 aromatic rings. The van der Waals surface area contributed by atoms with E-state index in [0.29, 0.717) is 25.7 Å². The average Bonchev–Trinajstić information content (AvgIpc) is 3.33. The van der Waals surface area contributed by atoms with Crippen LogP contribution in [0.3, 0.4) is 0 Å². The van der Waals surface area contributed by atoms with Crippen molar-refractivity contribution in [1.29, 1.82) is 0 Å². The van der Waals surface area contributed by atoms with Crippen LogP contribution in [0.15, 0.2) is 24.3 Å². The molecule has 4 rings (SSSR count). The number of carbonyl (C=O) groups is 1. The molecule has 3 fully saturated rings. The number of hydroxylamine groups is 3. The molecule has 0 radical (unpaired) electrons. The summed E-state index contributed by atoms with van der Waals surface area (Å²) in [6, 6.07) is -0.857. The highest BCUT2D eigenvalue weighted by molar-refractivity contribution is 6.75. The first-order chi connectivity index (χ1) is 33.2. The standard InChI is InChI=1S/C55H105NO14Si3/c1-35-31-39-32-43(69-72(22,23)53(8,9)10)65-41(33-42(57)62-36(2)29-27-26-28-30-40(35)68-71(20,21)52(5,6)7)48(59-17)47(39)67-51-49(70-73(24,25)54(11,12)13)45(56(15,16)58)46(37(3)64-51)66-44-34-55(14,61-19)50(60-18)38(4)63-44/h26-28,30,35-41,43-51H,29,31-34H2,1-25H3/b27-26+,30-28+/t35-,36-,37+,38-,39-,40+,41-,43?,44-,45-,46+,47+,48+,49+,50-,51-,55+/m1/s1. The van der Waals surface area contributed by atoms with E-state index < -0.39 is 109 Å². The number of allylic oxidation sites excluding steroid dienone is 2. The SMILES string of the molecule is CO[C@@H]1[C@@H](O[C@H]2O[C@@H](C)[C@H](O[C@@H]3C[C@](C)(OC)[C@H](OC)[C@@H](C)O3)[C@@H]([N+](C)(C)[O-])[C@@H]2O[Si](C)(C)C(C)(C)C)[C@H]2CC(O[Si](C)(C)C(C)(C)C)O[C@@H]1CC(=O)O[C@H](C)C/C=C/C=C/[C@H](O[Si](C)(C)C(C)(C)C)[C@H](C)C2. The van der Waals surface area contributed by atoms with Gasteiger partial charge in [-0.2, -0.15) is 0 Å². The number of rotatable bonds is 14. The van der Waals surface area contributed by atoms with Crippen molar-refractivity contribution >= 4 is 30.9 Å². The summed E-state index contributed by atoms with van der Waals surface area (Å²) in [6.45, 7) is 43.3. The van der Waals surface area contributed by atoms with Crippen LogP contribution < -0.4 is 0 Å². The molecule has 0 spiro atoms. The largest absolute Gasteiger partial charge is 0.633 e. The number of likely N-dealkylation sites (N-methyl/N-ethyl adjacent to an activating group) is 1. The number of hydrogen-bond acceptors (Lipinski definition) is 14. The minimum atomic E-state index is -2.71. The maximum atomic E-state index is 15.1. The van der Waals surface area contributed by atoms with Crippen molar-refractivity contribution in [2.75, 3.05) is 35.4 Å². The number of cyclic esters (lactones) is 1. The minimum absolute atomic E-state index is 0.0316. The van der Waals surface area contributed by atoms with Gasteiger partial charge in [0.05, 0.1) is 56.6 Å². The number of esters is 1. The highest BCUT2D eigenvalue weighted by atomic mass is 28.4. The number of fused-ring (bicyclic) bond motifs is 3. The average molecular weight is 1090 g/mol. The zero-order chi connectivity index (χ0) is 55.7. The van der Waals surface area contributed by atoms with E-state index in [4.69, 9.17) is 55.9 Å². The first-order valence-electron chi connectivity index (χ1n) is 27.2. The molecule has 3 saturated heterocycles. The second kappa shape index (κ2) is 24.6. The molecule has 15 nitrogen and oxygen atoms in total. The maximum absolute atomic E-state index is 15.1. The first-order valence-corrected chi connectivity index (χ1v) is 35.9. The van der Waals surface area contributed by atoms with Gasteiger partial charge in [0.1, 0.15) is 36.7 Å². The van der Waals surface area contributed by atoms with E-state index in [1.807, 2.05) is 39.8 Å². The molecule has 17 atom stereocenters. The van der Waals surface area contributed by atoms with Gasteiger partial charge < -0.3 is 65.8 Å². The van der Waals surface area contributed by atoms with Crippen LogP contribution >= 0.6 is 0 Å². The lowest BCUT2D eigenvalue weighted by molar-refractivity contribution is -0.879. The Balaban J connectivity index is 1.98. The number of quaternary nitrogens is 1. The molecule has 0 aromatic carbocycles. The van der Waals surface area contributed by atoms with Crippen molar-refractivity contribution in [3.8, 4) is 0 Å². The Hall–Kier alpha value is -0.919. The van der Waals surface area contributed by atoms with Gasteiger partial charge in [0, 0.05) is 40.6 Å². The molecular weight excluding hydrogens is 983 g/mol. The molecule has 4 heterocycles. The van der Waals surface area contributed by atoms with Gasteiger partial charge in [-0.3, -0.25) is 4.79 Å². The number of hydrogen-bond donors (Lipinski definition) is 0. The molecule has 4 aliphatic heterocycles. The quantitative estimate of drug-likeness (QED) is 0.0702. The monoisotopic (exact) mass is 1090 g/mol. The van der Waals surface area contributed by atoms with Crippen LogP contribution in [0.2, 0.25) is 54.4 Å². The Kier molecular flexibility index (Phi) is 21.8. The number of methoxy groups -OCH3 is 3. The van der Waals surface area contributed by atoms with Gasteiger partial charge in [0.25, 0.3) is 0 Å². The normalized spacial score (nSPS) is 38.4. The molecule has 0 amide bonds. The minimum Gasteiger partial charge on any atom is -0.633 e. The molecule has 0 N–H and O–H groups in total. The van der Waals surface area contributed by atoms with Gasteiger partial charge in [0.15, 0.2) is 43.6 Å². The number of carbonyl (C=O) groups excluding carboxylic acids is 1. The Labute approximate surface area is 446 Å². The van der Waals surface area contributed by atoms with E-state index in [0.717, 1.165) is 0 Å². The van der Waals surface area contributed by atoms with E-state index in [1.54, 1.807) is 35.4 Å². The van der Waals surface area contributed by atoms with Crippen LogP contribution in [-0.4, -0.2) is 163 Å². The Morgan fingerprint density at radius 2 is 1.26 bits per heavy atom. The lowest BCUT2D eigenvalue weighted by atomic mass is 9.83. The van der Waals surface area contributed by atoms with Gasteiger partial charge in [0.2, 0.25) is 0 Å². The van der Waals surface area contributed by atoms with E-state index in [1.165, 1.54) is 0 Å². The van der Waals surface area contributed by atoms with Gasteiger partial charge >= 0.3 is 5.97 Å². The van der Waals surface area contributed by atoms with E-state index in [-0.39, 0.29) is 51.7 Å². The van der Waals surface area contributed by atoms with Crippen LogP contribution in [0.25, 0.3) is 0 Å². The van der Waals surface area contributed by atoms with Gasteiger partial charge in [-0.05, 0) is 100 Å².